The zero-order chi connectivity index (χ0) is 10.4. The normalized spacial score (nSPS) is 12.4. The third kappa shape index (κ3) is 3.81. The number of rotatable bonds is 4. The van der Waals surface area contributed by atoms with Gasteiger partial charge >= 0.3 is 0 Å². The Morgan fingerprint density at radius 3 is 2.57 bits per heavy atom. The van der Waals surface area contributed by atoms with E-state index in [9.17, 15) is 0 Å². The van der Waals surface area contributed by atoms with Gasteiger partial charge in [-0.25, -0.2) is 0 Å². The van der Waals surface area contributed by atoms with Crippen LogP contribution >= 0.6 is 24.0 Å². The molecule has 14 heavy (non-hydrogen) atoms. The first kappa shape index (κ1) is 11.7. The van der Waals surface area contributed by atoms with E-state index in [0.717, 1.165) is 15.9 Å². The molecule has 76 valence electrons. The lowest BCUT2D eigenvalue weighted by Gasteiger charge is -2.08. The first-order valence-corrected chi connectivity index (χ1v) is 6.35. The van der Waals surface area contributed by atoms with Crippen molar-refractivity contribution >= 4 is 28.2 Å². The highest BCUT2D eigenvalue weighted by Gasteiger charge is 2.04. The summed E-state index contributed by atoms with van der Waals surface area (Å²) in [6.45, 7) is 4.48. The average molecular weight is 224 g/mol. The van der Waals surface area contributed by atoms with Crippen LogP contribution in [-0.2, 0) is 0 Å². The Hall–Kier alpha value is -0.340. The van der Waals surface area contributed by atoms with E-state index < -0.39 is 0 Å². The molecule has 0 saturated heterocycles. The molecule has 0 aliphatic rings. The molecule has 2 heteroatoms. The quantitative estimate of drug-likeness (QED) is 0.705. The fourth-order valence-corrected chi connectivity index (χ4v) is 2.31. The average Bonchev–Trinajstić information content (AvgIpc) is 2.26. The van der Waals surface area contributed by atoms with Crippen LogP contribution in [0.1, 0.15) is 25.8 Å². The van der Waals surface area contributed by atoms with Gasteiger partial charge in [-0.15, -0.1) is 11.8 Å². The van der Waals surface area contributed by atoms with E-state index in [2.05, 4.69) is 26.0 Å². The zero-order valence-electron chi connectivity index (χ0n) is 8.69. The van der Waals surface area contributed by atoms with E-state index in [1.807, 2.05) is 18.2 Å². The third-order valence-electron chi connectivity index (χ3n) is 2.21. The molecule has 1 rings (SSSR count). The summed E-state index contributed by atoms with van der Waals surface area (Å²) in [5.41, 5.74) is 1.18. The molecule has 1 aromatic carbocycles. The molecular weight excluding hydrogens is 208 g/mol. The molecule has 1 atom stereocenters. The third-order valence-corrected chi connectivity index (χ3v) is 4.03. The molecule has 1 unspecified atom stereocenters. The van der Waals surface area contributed by atoms with Gasteiger partial charge < -0.3 is 0 Å². The van der Waals surface area contributed by atoms with Crippen molar-refractivity contribution in [3.63, 3.8) is 0 Å². The summed E-state index contributed by atoms with van der Waals surface area (Å²) in [4.78, 5) is 0. The molecule has 0 N–H and O–H groups in total. The Morgan fingerprint density at radius 2 is 2.00 bits per heavy atom. The van der Waals surface area contributed by atoms with Gasteiger partial charge in [0.2, 0.25) is 0 Å². The van der Waals surface area contributed by atoms with Crippen LogP contribution in [-0.4, -0.2) is 9.95 Å². The topological polar surface area (TPSA) is 0 Å². The second-order valence-electron chi connectivity index (χ2n) is 3.48. The monoisotopic (exact) mass is 224 g/mol. The van der Waals surface area contributed by atoms with Crippen molar-refractivity contribution in [2.45, 2.75) is 20.3 Å². The van der Waals surface area contributed by atoms with Crippen LogP contribution in [0.3, 0.4) is 0 Å². The SMILES string of the molecule is CCC(C)CSC(=S)c1ccccc1. The smallest absolute Gasteiger partial charge is 0.0778 e. The van der Waals surface area contributed by atoms with Crippen molar-refractivity contribution < 1.29 is 0 Å². The van der Waals surface area contributed by atoms with Gasteiger partial charge in [0.15, 0.2) is 0 Å². The van der Waals surface area contributed by atoms with Gasteiger partial charge in [0.1, 0.15) is 0 Å². The van der Waals surface area contributed by atoms with E-state index >= 15 is 0 Å². The second kappa shape index (κ2) is 6.20. The molecule has 0 aromatic heterocycles. The molecule has 0 aliphatic carbocycles. The maximum absolute atomic E-state index is 5.35. The van der Waals surface area contributed by atoms with Gasteiger partial charge in [0.05, 0.1) is 4.20 Å². The van der Waals surface area contributed by atoms with Gasteiger partial charge in [-0.3, -0.25) is 0 Å². The van der Waals surface area contributed by atoms with Crippen LogP contribution in [0.5, 0.6) is 0 Å². The van der Waals surface area contributed by atoms with E-state index in [1.54, 1.807) is 11.8 Å². The Morgan fingerprint density at radius 1 is 1.36 bits per heavy atom. The highest BCUT2D eigenvalue weighted by atomic mass is 32.2. The molecule has 0 amide bonds. The van der Waals surface area contributed by atoms with Gasteiger partial charge in [-0.2, -0.15) is 0 Å². The van der Waals surface area contributed by atoms with Crippen LogP contribution in [0.25, 0.3) is 0 Å². The van der Waals surface area contributed by atoms with Gasteiger partial charge in [0, 0.05) is 5.75 Å². The van der Waals surface area contributed by atoms with Crippen molar-refractivity contribution in [1.82, 2.24) is 0 Å². The lowest BCUT2D eigenvalue weighted by Crippen LogP contribution is -2.00. The zero-order valence-corrected chi connectivity index (χ0v) is 10.3. The Bertz CT molecular complexity index is 280. The Balaban J connectivity index is 2.44. The molecule has 0 radical (unpaired) electrons. The van der Waals surface area contributed by atoms with Crippen LogP contribution in [0.2, 0.25) is 0 Å². The number of hydrogen-bond donors (Lipinski definition) is 0. The molecule has 0 heterocycles. The van der Waals surface area contributed by atoms with E-state index in [0.29, 0.717) is 0 Å². The maximum atomic E-state index is 5.35. The van der Waals surface area contributed by atoms with Gasteiger partial charge in [-0.1, -0.05) is 62.8 Å². The van der Waals surface area contributed by atoms with Crippen LogP contribution in [0.15, 0.2) is 30.3 Å². The molecule has 0 aliphatic heterocycles. The Labute approximate surface area is 96.1 Å². The van der Waals surface area contributed by atoms with Gasteiger partial charge in [-0.05, 0) is 11.5 Å². The molecule has 0 spiro atoms. The molecule has 0 saturated carbocycles. The van der Waals surface area contributed by atoms with Gasteiger partial charge in [0.25, 0.3) is 0 Å². The predicted molar refractivity (Wildman–Crippen MR) is 70.1 cm³/mol. The summed E-state index contributed by atoms with van der Waals surface area (Å²) in [5, 5.41) is 0. The number of benzene rings is 1. The van der Waals surface area contributed by atoms with E-state index in [4.69, 9.17) is 12.2 Å². The van der Waals surface area contributed by atoms with Crippen molar-refractivity contribution in [1.29, 1.82) is 0 Å². The standard InChI is InChI=1S/C12H16S2/c1-3-10(2)9-14-12(13)11-7-5-4-6-8-11/h4-8,10H,3,9H2,1-2H3. The highest BCUT2D eigenvalue weighted by molar-refractivity contribution is 8.23. The molecule has 0 nitrogen and oxygen atoms in total. The molecule has 0 bridgehead atoms. The maximum Gasteiger partial charge on any atom is 0.0778 e. The first-order chi connectivity index (χ1) is 6.74. The Kier molecular flexibility index (Phi) is 5.20. The lowest BCUT2D eigenvalue weighted by molar-refractivity contribution is 0.638. The van der Waals surface area contributed by atoms with Crippen LogP contribution in [0, 0.1) is 5.92 Å². The summed E-state index contributed by atoms with van der Waals surface area (Å²) in [6, 6.07) is 10.2. The number of thioether (sulfide) groups is 1. The van der Waals surface area contributed by atoms with Crippen molar-refractivity contribution in [2.75, 3.05) is 5.75 Å². The molecule has 0 fully saturated rings. The summed E-state index contributed by atoms with van der Waals surface area (Å²) in [6.07, 6.45) is 1.23. The lowest BCUT2D eigenvalue weighted by atomic mass is 10.2. The summed E-state index contributed by atoms with van der Waals surface area (Å²) in [5.74, 6) is 1.88. The van der Waals surface area contributed by atoms with Crippen LogP contribution in [0.4, 0.5) is 0 Å². The summed E-state index contributed by atoms with van der Waals surface area (Å²) < 4.78 is 1.02. The summed E-state index contributed by atoms with van der Waals surface area (Å²) >= 11 is 7.14. The fraction of sp³-hybridized carbons (Fsp3) is 0.417. The van der Waals surface area contributed by atoms with Crippen molar-refractivity contribution in [3.05, 3.63) is 35.9 Å². The minimum atomic E-state index is 0.752. The first-order valence-electron chi connectivity index (χ1n) is 4.96. The highest BCUT2D eigenvalue weighted by Crippen LogP contribution is 2.18. The molecule has 1 aromatic rings. The minimum absolute atomic E-state index is 0.752. The van der Waals surface area contributed by atoms with Crippen LogP contribution < -0.4 is 0 Å². The number of thiocarbonyl (C=S) groups is 1. The number of hydrogen-bond acceptors (Lipinski definition) is 2. The van der Waals surface area contributed by atoms with E-state index in [-0.39, 0.29) is 0 Å². The fourth-order valence-electron chi connectivity index (χ4n) is 0.993. The second-order valence-corrected chi connectivity index (χ2v) is 5.17. The van der Waals surface area contributed by atoms with E-state index in [1.165, 1.54) is 12.0 Å². The minimum Gasteiger partial charge on any atom is -0.114 e. The molecular formula is C12H16S2. The predicted octanol–water partition coefficient (Wildman–Crippen LogP) is 4.14. The summed E-state index contributed by atoms with van der Waals surface area (Å²) in [7, 11) is 0. The van der Waals surface area contributed by atoms with Crippen molar-refractivity contribution in [3.8, 4) is 0 Å². The van der Waals surface area contributed by atoms with Crippen molar-refractivity contribution in [2.24, 2.45) is 5.92 Å². The largest absolute Gasteiger partial charge is 0.114 e.